The predicted octanol–water partition coefficient (Wildman–Crippen LogP) is 1.94. The third-order valence-corrected chi connectivity index (χ3v) is 3.14. The molecule has 0 atom stereocenters. The van der Waals surface area contributed by atoms with E-state index < -0.39 is 0 Å². The van der Waals surface area contributed by atoms with E-state index in [0.29, 0.717) is 24.6 Å². The van der Waals surface area contributed by atoms with Crippen LogP contribution in [0, 0.1) is 0 Å². The van der Waals surface area contributed by atoms with Gasteiger partial charge < -0.3 is 15.6 Å². The maximum atomic E-state index is 11.7. The minimum Gasteiger partial charge on any atom is -0.399 e. The lowest BCUT2D eigenvalue weighted by Crippen LogP contribution is -2.26. The molecule has 0 fully saturated rings. The highest BCUT2D eigenvalue weighted by atomic mass is 16.1. The first-order chi connectivity index (χ1) is 9.62. The van der Waals surface area contributed by atoms with Gasteiger partial charge in [-0.3, -0.25) is 4.79 Å². The Labute approximate surface area is 118 Å². The second-order valence-corrected chi connectivity index (χ2v) is 4.66. The summed E-state index contributed by atoms with van der Waals surface area (Å²) >= 11 is 0. The van der Waals surface area contributed by atoms with Crippen LogP contribution in [-0.2, 0) is 13.0 Å². The summed E-state index contributed by atoms with van der Waals surface area (Å²) in [5.74, 6) is 1.41. The van der Waals surface area contributed by atoms with Crippen LogP contribution in [0.4, 0.5) is 11.5 Å². The van der Waals surface area contributed by atoms with Gasteiger partial charge in [0.25, 0.3) is 5.56 Å². The van der Waals surface area contributed by atoms with Crippen molar-refractivity contribution in [2.45, 2.75) is 26.8 Å². The molecule has 0 aliphatic carbocycles. The molecule has 3 N–H and O–H groups in total. The van der Waals surface area contributed by atoms with Crippen molar-refractivity contribution in [3.05, 3.63) is 52.1 Å². The summed E-state index contributed by atoms with van der Waals surface area (Å²) in [7, 11) is 0. The Hall–Kier alpha value is -2.30. The van der Waals surface area contributed by atoms with Crippen LogP contribution >= 0.6 is 0 Å². The van der Waals surface area contributed by atoms with Crippen molar-refractivity contribution in [3.8, 4) is 0 Å². The van der Waals surface area contributed by atoms with Crippen LogP contribution in [0.3, 0.4) is 0 Å². The fraction of sp³-hybridized carbons (Fsp3) is 0.333. The van der Waals surface area contributed by atoms with E-state index in [4.69, 9.17) is 5.73 Å². The molecule has 5 nitrogen and oxygen atoms in total. The molecule has 1 aromatic heterocycles. The van der Waals surface area contributed by atoms with E-state index in [1.165, 1.54) is 6.07 Å². The molecular formula is C15H20N4O. The first-order valence-corrected chi connectivity index (χ1v) is 6.82. The largest absolute Gasteiger partial charge is 0.399 e. The van der Waals surface area contributed by atoms with Gasteiger partial charge in [0.05, 0.1) is 0 Å². The van der Waals surface area contributed by atoms with Crippen molar-refractivity contribution in [3.63, 3.8) is 0 Å². The highest BCUT2D eigenvalue weighted by Gasteiger charge is 2.09. The molecule has 0 aliphatic heterocycles. The monoisotopic (exact) mass is 272 g/mol. The molecule has 0 radical (unpaired) electrons. The Morgan fingerprint density at radius 2 is 2.10 bits per heavy atom. The minimum absolute atomic E-state index is 0.113. The van der Waals surface area contributed by atoms with Crippen LogP contribution < -0.4 is 16.2 Å². The van der Waals surface area contributed by atoms with E-state index in [2.05, 4.69) is 14.9 Å². The van der Waals surface area contributed by atoms with Crippen LogP contribution in [0.15, 0.2) is 35.1 Å². The van der Waals surface area contributed by atoms with Gasteiger partial charge in [0.2, 0.25) is 0 Å². The molecule has 1 aromatic carbocycles. The summed E-state index contributed by atoms with van der Waals surface area (Å²) in [6.45, 7) is 5.46. The maximum Gasteiger partial charge on any atom is 0.252 e. The normalized spacial score (nSPS) is 10.5. The molecule has 0 aliphatic rings. The fourth-order valence-corrected chi connectivity index (χ4v) is 2.09. The van der Waals surface area contributed by atoms with Crippen LogP contribution in [0.1, 0.15) is 25.2 Å². The average Bonchev–Trinajstić information content (AvgIpc) is 2.44. The van der Waals surface area contributed by atoms with Gasteiger partial charge in [0.15, 0.2) is 0 Å². The van der Waals surface area contributed by atoms with E-state index in [1.807, 2.05) is 38.1 Å². The van der Waals surface area contributed by atoms with Crippen molar-refractivity contribution in [2.24, 2.45) is 0 Å². The molecule has 0 unspecified atom stereocenters. The molecule has 1 heterocycles. The number of H-pyrrole nitrogens is 1. The Balaban J connectivity index is 2.28. The molecule has 2 aromatic rings. The molecular weight excluding hydrogens is 252 g/mol. The van der Waals surface area contributed by atoms with Gasteiger partial charge in [-0.1, -0.05) is 19.1 Å². The summed E-state index contributed by atoms with van der Waals surface area (Å²) in [4.78, 5) is 20.9. The first kappa shape index (κ1) is 14.1. The Morgan fingerprint density at radius 1 is 1.30 bits per heavy atom. The molecule has 0 saturated heterocycles. The maximum absolute atomic E-state index is 11.7. The third kappa shape index (κ3) is 3.38. The standard InChI is InChI=1S/C15H20N4O/c1-3-13-17-14(9-15(20)18-13)19(4-2)10-11-6-5-7-12(16)8-11/h5-9H,3-4,10,16H2,1-2H3,(H,17,18,20). The zero-order chi connectivity index (χ0) is 14.5. The number of aromatic amines is 1. The summed E-state index contributed by atoms with van der Waals surface area (Å²) in [6.07, 6.45) is 0.707. The Bertz CT molecular complexity index is 636. The van der Waals surface area contributed by atoms with Gasteiger partial charge in [0, 0.05) is 31.3 Å². The molecule has 5 heteroatoms. The van der Waals surface area contributed by atoms with Crippen molar-refractivity contribution >= 4 is 11.5 Å². The number of aryl methyl sites for hydroxylation is 1. The lowest BCUT2D eigenvalue weighted by molar-refractivity contribution is 0.792. The van der Waals surface area contributed by atoms with Crippen molar-refractivity contribution < 1.29 is 0 Å². The predicted molar refractivity (Wildman–Crippen MR) is 81.8 cm³/mol. The van der Waals surface area contributed by atoms with Gasteiger partial charge >= 0.3 is 0 Å². The van der Waals surface area contributed by atoms with Crippen LogP contribution in [-0.4, -0.2) is 16.5 Å². The number of benzene rings is 1. The average molecular weight is 272 g/mol. The Kier molecular flexibility index (Phi) is 4.40. The molecule has 0 spiro atoms. The van der Waals surface area contributed by atoms with Gasteiger partial charge in [-0.2, -0.15) is 0 Å². The lowest BCUT2D eigenvalue weighted by atomic mass is 10.2. The Morgan fingerprint density at radius 3 is 2.75 bits per heavy atom. The highest BCUT2D eigenvalue weighted by Crippen LogP contribution is 2.14. The van der Waals surface area contributed by atoms with Crippen LogP contribution in [0.2, 0.25) is 0 Å². The topological polar surface area (TPSA) is 75.0 Å². The third-order valence-electron chi connectivity index (χ3n) is 3.14. The zero-order valence-electron chi connectivity index (χ0n) is 11.9. The molecule has 0 amide bonds. The van der Waals surface area contributed by atoms with Gasteiger partial charge in [-0.05, 0) is 24.6 Å². The van der Waals surface area contributed by atoms with Crippen molar-refractivity contribution in [1.82, 2.24) is 9.97 Å². The van der Waals surface area contributed by atoms with E-state index in [1.54, 1.807) is 0 Å². The number of hydrogen-bond acceptors (Lipinski definition) is 4. The zero-order valence-corrected chi connectivity index (χ0v) is 11.9. The van der Waals surface area contributed by atoms with Crippen molar-refractivity contribution in [1.29, 1.82) is 0 Å². The quantitative estimate of drug-likeness (QED) is 0.816. The summed E-state index contributed by atoms with van der Waals surface area (Å²) in [5, 5.41) is 0. The number of aromatic nitrogens is 2. The first-order valence-electron chi connectivity index (χ1n) is 6.82. The van der Waals surface area contributed by atoms with E-state index >= 15 is 0 Å². The molecule has 20 heavy (non-hydrogen) atoms. The van der Waals surface area contributed by atoms with Gasteiger partial charge in [-0.15, -0.1) is 0 Å². The minimum atomic E-state index is -0.113. The number of nitrogens with two attached hydrogens (primary N) is 1. The molecule has 2 rings (SSSR count). The lowest BCUT2D eigenvalue weighted by Gasteiger charge is -2.22. The highest BCUT2D eigenvalue weighted by molar-refractivity contribution is 5.44. The second kappa shape index (κ2) is 6.23. The van der Waals surface area contributed by atoms with E-state index in [0.717, 1.165) is 17.8 Å². The summed E-state index contributed by atoms with van der Waals surface area (Å²) in [6, 6.07) is 9.29. The molecule has 0 saturated carbocycles. The number of hydrogen-bond donors (Lipinski definition) is 2. The SMILES string of the molecule is CCc1nc(N(CC)Cc2cccc(N)c2)cc(=O)[nH]1. The number of anilines is 2. The number of nitrogens with one attached hydrogen (secondary N) is 1. The van der Waals surface area contributed by atoms with Crippen molar-refractivity contribution in [2.75, 3.05) is 17.2 Å². The summed E-state index contributed by atoms with van der Waals surface area (Å²) < 4.78 is 0. The van der Waals surface area contributed by atoms with Crippen LogP contribution in [0.5, 0.6) is 0 Å². The smallest absolute Gasteiger partial charge is 0.252 e. The molecule has 106 valence electrons. The number of nitrogen functional groups attached to an aromatic ring is 1. The van der Waals surface area contributed by atoms with Gasteiger partial charge in [0.1, 0.15) is 11.6 Å². The van der Waals surface area contributed by atoms with E-state index in [-0.39, 0.29) is 5.56 Å². The fourth-order valence-electron chi connectivity index (χ4n) is 2.09. The summed E-state index contributed by atoms with van der Waals surface area (Å²) in [5.41, 5.74) is 7.53. The number of rotatable bonds is 5. The number of nitrogens with zero attached hydrogens (tertiary/aromatic N) is 2. The second-order valence-electron chi connectivity index (χ2n) is 4.66. The van der Waals surface area contributed by atoms with E-state index in [9.17, 15) is 4.79 Å². The van der Waals surface area contributed by atoms with Crippen LogP contribution in [0.25, 0.3) is 0 Å². The molecule has 0 bridgehead atoms. The van der Waals surface area contributed by atoms with Gasteiger partial charge in [-0.25, -0.2) is 4.98 Å².